The van der Waals surface area contributed by atoms with Crippen LogP contribution in [-0.4, -0.2) is 132 Å². The van der Waals surface area contributed by atoms with Gasteiger partial charge in [-0.15, -0.1) is 0 Å². The molecule has 0 saturated carbocycles. The first-order chi connectivity index (χ1) is 14.5. The van der Waals surface area contributed by atoms with E-state index < -0.39 is 86.6 Å². The zero-order valence-electron chi connectivity index (χ0n) is 16.7. The standard InChI is InChI=1S/C17H29NO13/c1-2-3-8(20)18(9-12(23)10(21)6(4-19)30-15(9)26)17(28)29-5-7-11(22)13(24)14(25)16(27)31-7/h6-7,9-16,19,21-27H,2-5H2,1H3/t6-,7-,9?,10-,11-,12-,13+,14-,15?,16?/m1/s1. The van der Waals surface area contributed by atoms with E-state index in [0.717, 1.165) is 0 Å². The molecule has 2 aliphatic rings. The lowest BCUT2D eigenvalue weighted by Gasteiger charge is -2.44. The van der Waals surface area contributed by atoms with Crippen molar-refractivity contribution in [3.63, 3.8) is 0 Å². The fourth-order valence-electron chi connectivity index (χ4n) is 3.38. The average molecular weight is 455 g/mol. The number of hydrogen-bond donors (Lipinski definition) is 8. The smallest absolute Gasteiger partial charge is 0.417 e. The first-order valence-corrected chi connectivity index (χ1v) is 9.72. The maximum atomic E-state index is 12.6. The van der Waals surface area contributed by atoms with Gasteiger partial charge in [-0.3, -0.25) is 4.79 Å². The molecular formula is C17H29NO13. The van der Waals surface area contributed by atoms with Crippen LogP contribution in [0.2, 0.25) is 0 Å². The Kier molecular flexibility index (Phi) is 9.08. The van der Waals surface area contributed by atoms with Gasteiger partial charge in [0.1, 0.15) is 55.4 Å². The average Bonchev–Trinajstić information content (AvgIpc) is 2.73. The van der Waals surface area contributed by atoms with Crippen molar-refractivity contribution in [1.29, 1.82) is 0 Å². The molecule has 0 radical (unpaired) electrons. The summed E-state index contributed by atoms with van der Waals surface area (Å²) < 4.78 is 14.8. The van der Waals surface area contributed by atoms with Crippen LogP contribution in [0.15, 0.2) is 0 Å². The molecule has 2 rings (SSSR count). The summed E-state index contributed by atoms with van der Waals surface area (Å²) in [6.45, 7) is 0.101. The molecule has 2 aliphatic heterocycles. The largest absolute Gasteiger partial charge is 0.446 e. The van der Waals surface area contributed by atoms with Crippen molar-refractivity contribution in [3.05, 3.63) is 0 Å². The van der Waals surface area contributed by atoms with Crippen molar-refractivity contribution in [1.82, 2.24) is 4.90 Å². The van der Waals surface area contributed by atoms with Crippen LogP contribution in [0.5, 0.6) is 0 Å². The second-order valence-electron chi connectivity index (χ2n) is 7.35. The number of aliphatic hydroxyl groups is 8. The third-order valence-electron chi connectivity index (χ3n) is 5.15. The lowest BCUT2D eigenvalue weighted by atomic mass is 9.95. The fourth-order valence-corrected chi connectivity index (χ4v) is 3.38. The Morgan fingerprint density at radius 3 is 2.00 bits per heavy atom. The van der Waals surface area contributed by atoms with E-state index in [9.17, 15) is 45.3 Å². The normalized spacial score (nSPS) is 40.9. The van der Waals surface area contributed by atoms with Crippen molar-refractivity contribution in [2.45, 2.75) is 81.1 Å². The number of ether oxygens (including phenoxy) is 3. The van der Waals surface area contributed by atoms with Gasteiger partial charge in [0.15, 0.2) is 12.6 Å². The molecule has 2 amide bonds. The molecule has 0 aromatic rings. The van der Waals surface area contributed by atoms with E-state index >= 15 is 0 Å². The molecule has 10 atom stereocenters. The summed E-state index contributed by atoms with van der Waals surface area (Å²) in [5.41, 5.74) is 0. The first-order valence-electron chi connectivity index (χ1n) is 9.72. The third kappa shape index (κ3) is 5.48. The fraction of sp³-hybridized carbons (Fsp3) is 0.882. The predicted octanol–water partition coefficient (Wildman–Crippen LogP) is -4.65. The molecule has 8 N–H and O–H groups in total. The van der Waals surface area contributed by atoms with Crippen LogP contribution in [0.1, 0.15) is 19.8 Å². The molecule has 0 spiro atoms. The van der Waals surface area contributed by atoms with Gasteiger partial charge in [-0.25, -0.2) is 9.69 Å². The lowest BCUT2D eigenvalue weighted by Crippen LogP contribution is -2.66. The minimum atomic E-state index is -1.96. The van der Waals surface area contributed by atoms with Crippen LogP contribution < -0.4 is 0 Å². The molecule has 2 fully saturated rings. The topological polar surface area (TPSA) is 227 Å². The van der Waals surface area contributed by atoms with E-state index in [-0.39, 0.29) is 12.8 Å². The predicted molar refractivity (Wildman–Crippen MR) is 95.8 cm³/mol. The molecule has 0 aromatic carbocycles. The number of nitrogens with zero attached hydrogens (tertiary/aromatic N) is 1. The first kappa shape index (κ1) is 25.8. The molecule has 0 aliphatic carbocycles. The maximum absolute atomic E-state index is 12.6. The highest BCUT2D eigenvalue weighted by molar-refractivity contribution is 5.92. The second kappa shape index (κ2) is 10.9. The molecule has 2 saturated heterocycles. The highest BCUT2D eigenvalue weighted by Crippen LogP contribution is 2.26. The summed E-state index contributed by atoms with van der Waals surface area (Å²) in [6.07, 6.45) is -16.9. The molecule has 14 nitrogen and oxygen atoms in total. The highest BCUT2D eigenvalue weighted by Gasteiger charge is 2.50. The molecule has 2 heterocycles. The summed E-state index contributed by atoms with van der Waals surface area (Å²) in [6, 6.07) is -1.78. The van der Waals surface area contributed by atoms with Gasteiger partial charge in [0.05, 0.1) is 6.61 Å². The molecular weight excluding hydrogens is 426 g/mol. The maximum Gasteiger partial charge on any atom is 0.417 e. The Labute approximate surface area is 176 Å². The number of amides is 2. The number of imide groups is 1. The molecule has 180 valence electrons. The van der Waals surface area contributed by atoms with Crippen LogP contribution in [0.4, 0.5) is 4.79 Å². The second-order valence-corrected chi connectivity index (χ2v) is 7.35. The van der Waals surface area contributed by atoms with E-state index in [1.807, 2.05) is 0 Å². The van der Waals surface area contributed by atoms with Gasteiger partial charge < -0.3 is 55.1 Å². The zero-order chi connectivity index (χ0) is 23.5. The number of hydrogen-bond acceptors (Lipinski definition) is 13. The minimum Gasteiger partial charge on any atom is -0.446 e. The number of carbonyl (C=O) groups excluding carboxylic acids is 2. The van der Waals surface area contributed by atoms with Gasteiger partial charge in [0, 0.05) is 6.42 Å². The Balaban J connectivity index is 2.16. The van der Waals surface area contributed by atoms with E-state index in [1.165, 1.54) is 0 Å². The minimum absolute atomic E-state index is 0.198. The van der Waals surface area contributed by atoms with E-state index in [2.05, 4.69) is 0 Å². The van der Waals surface area contributed by atoms with Crippen molar-refractivity contribution in [2.75, 3.05) is 13.2 Å². The SMILES string of the molecule is CCCC(=O)N(C(=O)OC[C@H]1OC(O)[C@H](O)[C@@H](O)[C@@H]1O)C1C(O)O[C@H](CO)[C@@H](O)[C@@H]1O. The van der Waals surface area contributed by atoms with E-state index in [4.69, 9.17) is 19.3 Å². The Morgan fingerprint density at radius 1 is 0.839 bits per heavy atom. The van der Waals surface area contributed by atoms with E-state index in [0.29, 0.717) is 4.90 Å². The van der Waals surface area contributed by atoms with Crippen molar-refractivity contribution < 1.29 is 64.7 Å². The summed E-state index contributed by atoms with van der Waals surface area (Å²) >= 11 is 0. The van der Waals surface area contributed by atoms with Crippen molar-refractivity contribution >= 4 is 12.0 Å². The van der Waals surface area contributed by atoms with Crippen LogP contribution in [-0.2, 0) is 19.0 Å². The number of aliphatic hydroxyl groups excluding tert-OH is 8. The Hall–Kier alpha value is -1.46. The van der Waals surface area contributed by atoms with Crippen LogP contribution in [0.3, 0.4) is 0 Å². The summed E-state index contributed by atoms with van der Waals surface area (Å²) in [5, 5.41) is 78.4. The van der Waals surface area contributed by atoms with Gasteiger partial charge >= 0.3 is 6.09 Å². The third-order valence-corrected chi connectivity index (χ3v) is 5.15. The summed E-state index contributed by atoms with van der Waals surface area (Å²) in [7, 11) is 0. The van der Waals surface area contributed by atoms with Crippen molar-refractivity contribution in [2.24, 2.45) is 0 Å². The monoisotopic (exact) mass is 455 g/mol. The number of rotatable bonds is 6. The Morgan fingerprint density at radius 2 is 1.42 bits per heavy atom. The van der Waals surface area contributed by atoms with Gasteiger partial charge in [-0.2, -0.15) is 0 Å². The molecule has 0 aromatic heterocycles. The molecule has 3 unspecified atom stereocenters. The zero-order valence-corrected chi connectivity index (χ0v) is 16.7. The van der Waals surface area contributed by atoms with Gasteiger partial charge in [0.25, 0.3) is 0 Å². The van der Waals surface area contributed by atoms with Gasteiger partial charge in [-0.1, -0.05) is 6.92 Å². The van der Waals surface area contributed by atoms with E-state index in [1.54, 1.807) is 6.92 Å². The van der Waals surface area contributed by atoms with Gasteiger partial charge in [0.2, 0.25) is 5.91 Å². The Bertz CT molecular complexity index is 621. The van der Waals surface area contributed by atoms with Crippen LogP contribution in [0, 0.1) is 0 Å². The van der Waals surface area contributed by atoms with Crippen molar-refractivity contribution in [3.8, 4) is 0 Å². The quantitative estimate of drug-likeness (QED) is 0.189. The van der Waals surface area contributed by atoms with Crippen LogP contribution >= 0.6 is 0 Å². The highest BCUT2D eigenvalue weighted by atomic mass is 16.7. The van der Waals surface area contributed by atoms with Crippen LogP contribution in [0.25, 0.3) is 0 Å². The van der Waals surface area contributed by atoms with Gasteiger partial charge in [-0.05, 0) is 6.42 Å². The molecule has 14 heteroatoms. The lowest BCUT2D eigenvalue weighted by molar-refractivity contribution is -0.287. The molecule has 0 bridgehead atoms. The molecule has 31 heavy (non-hydrogen) atoms. The summed E-state index contributed by atoms with van der Waals surface area (Å²) in [5.74, 6) is -0.880. The number of carbonyl (C=O) groups is 2. The summed E-state index contributed by atoms with van der Waals surface area (Å²) in [4.78, 5) is 25.5.